The van der Waals surface area contributed by atoms with E-state index in [0.29, 0.717) is 30.5 Å². The van der Waals surface area contributed by atoms with Crippen LogP contribution in [0.15, 0.2) is 53.8 Å². The molecule has 1 unspecified atom stereocenters. The predicted molar refractivity (Wildman–Crippen MR) is 112 cm³/mol. The van der Waals surface area contributed by atoms with Gasteiger partial charge in [0.15, 0.2) is 0 Å². The van der Waals surface area contributed by atoms with Crippen molar-refractivity contribution in [2.24, 2.45) is 5.10 Å². The topological polar surface area (TPSA) is 102 Å². The number of aromatic nitrogens is 1. The number of amides is 1. The van der Waals surface area contributed by atoms with Gasteiger partial charge in [0, 0.05) is 19.7 Å². The third kappa shape index (κ3) is 5.12. The van der Waals surface area contributed by atoms with Crippen LogP contribution >= 0.6 is 0 Å². The lowest BCUT2D eigenvalue weighted by molar-refractivity contribution is -0.135. The molecule has 1 aromatic carbocycles. The Hall–Kier alpha value is -3.46. The molecule has 1 aromatic heterocycles. The van der Waals surface area contributed by atoms with Gasteiger partial charge in [-0.1, -0.05) is 18.2 Å². The highest BCUT2D eigenvalue weighted by molar-refractivity contribution is 6.38. The second-order valence-corrected chi connectivity index (χ2v) is 6.35. The van der Waals surface area contributed by atoms with Crippen molar-refractivity contribution in [3.8, 4) is 5.88 Å². The molecule has 3 rings (SSSR count). The Morgan fingerprint density at radius 2 is 1.97 bits per heavy atom. The molecule has 0 spiro atoms. The van der Waals surface area contributed by atoms with E-state index in [4.69, 9.17) is 14.2 Å². The highest BCUT2D eigenvalue weighted by Gasteiger charge is 2.37. The minimum atomic E-state index is -0.723. The van der Waals surface area contributed by atoms with Gasteiger partial charge in [-0.2, -0.15) is 5.10 Å². The van der Waals surface area contributed by atoms with Crippen LogP contribution in [0.1, 0.15) is 13.3 Å². The van der Waals surface area contributed by atoms with Crippen molar-refractivity contribution < 1.29 is 23.8 Å². The van der Waals surface area contributed by atoms with Crippen molar-refractivity contribution in [2.45, 2.75) is 19.4 Å². The van der Waals surface area contributed by atoms with Crippen LogP contribution in [-0.4, -0.2) is 55.5 Å². The number of hydrogen-bond acceptors (Lipinski definition) is 8. The second kappa shape index (κ2) is 10.4. The molecule has 30 heavy (non-hydrogen) atoms. The SMILES string of the molecule is CCOC(=O)C1=NN(c2ccccc2)C(C(=O)Nc2cccnc2OCCOC)C1. The van der Waals surface area contributed by atoms with E-state index in [2.05, 4.69) is 15.4 Å². The van der Waals surface area contributed by atoms with Crippen LogP contribution in [-0.2, 0) is 19.1 Å². The first-order valence-electron chi connectivity index (χ1n) is 9.60. The van der Waals surface area contributed by atoms with Crippen LogP contribution in [0.5, 0.6) is 5.88 Å². The summed E-state index contributed by atoms with van der Waals surface area (Å²) in [5.74, 6) is -0.580. The summed E-state index contributed by atoms with van der Waals surface area (Å²) in [6.45, 7) is 2.65. The molecule has 1 aliphatic rings. The molecular weight excluding hydrogens is 388 g/mol. The molecule has 0 saturated carbocycles. The zero-order chi connectivity index (χ0) is 21.3. The van der Waals surface area contributed by atoms with Crippen LogP contribution in [0.2, 0.25) is 0 Å². The van der Waals surface area contributed by atoms with Crippen molar-refractivity contribution in [2.75, 3.05) is 37.3 Å². The molecule has 1 aliphatic heterocycles. The first-order chi connectivity index (χ1) is 14.6. The number of methoxy groups -OCH3 is 1. The number of nitrogens with zero attached hydrogens (tertiary/aromatic N) is 3. The average Bonchev–Trinajstić information content (AvgIpc) is 3.22. The molecule has 0 fully saturated rings. The summed E-state index contributed by atoms with van der Waals surface area (Å²) < 4.78 is 15.6. The number of benzene rings is 1. The number of rotatable bonds is 9. The fourth-order valence-corrected chi connectivity index (χ4v) is 2.91. The van der Waals surface area contributed by atoms with Gasteiger partial charge in [-0.25, -0.2) is 9.78 Å². The van der Waals surface area contributed by atoms with Crippen molar-refractivity contribution in [3.05, 3.63) is 48.7 Å². The number of hydrazone groups is 1. The molecule has 1 atom stereocenters. The summed E-state index contributed by atoms with van der Waals surface area (Å²) in [4.78, 5) is 29.5. The monoisotopic (exact) mass is 412 g/mol. The van der Waals surface area contributed by atoms with E-state index in [0.717, 1.165) is 0 Å². The van der Waals surface area contributed by atoms with Gasteiger partial charge in [0.05, 0.1) is 18.9 Å². The van der Waals surface area contributed by atoms with E-state index in [1.54, 1.807) is 32.4 Å². The zero-order valence-electron chi connectivity index (χ0n) is 16.9. The van der Waals surface area contributed by atoms with Crippen LogP contribution in [0.3, 0.4) is 0 Å². The molecule has 0 radical (unpaired) electrons. The number of hydrogen-bond donors (Lipinski definition) is 1. The number of carbonyl (C=O) groups excluding carboxylic acids is 2. The average molecular weight is 412 g/mol. The van der Waals surface area contributed by atoms with E-state index in [1.807, 2.05) is 30.3 Å². The standard InChI is InChI=1S/C21H24N4O5/c1-3-29-21(27)17-14-18(25(24-17)15-8-5-4-6-9-15)19(26)23-16-10-7-11-22-20(16)30-13-12-28-2/h4-11,18H,3,12-14H2,1-2H3,(H,23,26). The molecule has 9 nitrogen and oxygen atoms in total. The molecule has 0 bridgehead atoms. The normalized spacial score (nSPS) is 15.5. The quantitative estimate of drug-likeness (QED) is 0.498. The fourth-order valence-electron chi connectivity index (χ4n) is 2.91. The maximum Gasteiger partial charge on any atom is 0.354 e. The van der Waals surface area contributed by atoms with Gasteiger partial charge in [-0.15, -0.1) is 0 Å². The van der Waals surface area contributed by atoms with Gasteiger partial charge in [-0.05, 0) is 31.2 Å². The van der Waals surface area contributed by atoms with Crippen molar-refractivity contribution in [1.29, 1.82) is 0 Å². The lowest BCUT2D eigenvalue weighted by Crippen LogP contribution is -2.39. The number of carbonyl (C=O) groups is 2. The lowest BCUT2D eigenvalue weighted by atomic mass is 10.1. The Bertz CT molecular complexity index is 903. The molecule has 1 N–H and O–H groups in total. The molecule has 158 valence electrons. The van der Waals surface area contributed by atoms with Gasteiger partial charge < -0.3 is 19.5 Å². The van der Waals surface area contributed by atoms with E-state index in [1.165, 1.54) is 5.01 Å². The molecule has 0 aliphatic carbocycles. The molecule has 9 heteroatoms. The van der Waals surface area contributed by atoms with Crippen LogP contribution in [0.4, 0.5) is 11.4 Å². The van der Waals surface area contributed by atoms with Gasteiger partial charge >= 0.3 is 5.97 Å². The van der Waals surface area contributed by atoms with Gasteiger partial charge in [0.2, 0.25) is 11.8 Å². The van der Waals surface area contributed by atoms with E-state index < -0.39 is 12.0 Å². The first-order valence-corrected chi connectivity index (χ1v) is 9.60. The number of anilines is 2. The van der Waals surface area contributed by atoms with Gasteiger partial charge in [-0.3, -0.25) is 9.80 Å². The number of ether oxygens (including phenoxy) is 3. The van der Waals surface area contributed by atoms with Crippen molar-refractivity contribution >= 4 is 29.0 Å². The molecule has 0 saturated heterocycles. The first kappa shape index (κ1) is 21.3. The minimum absolute atomic E-state index is 0.125. The number of nitrogens with one attached hydrogen (secondary N) is 1. The highest BCUT2D eigenvalue weighted by Crippen LogP contribution is 2.27. The second-order valence-electron chi connectivity index (χ2n) is 6.35. The molecular formula is C21H24N4O5. The number of esters is 1. The third-order valence-corrected chi connectivity index (χ3v) is 4.30. The summed E-state index contributed by atoms with van der Waals surface area (Å²) in [6, 6.07) is 11.9. The van der Waals surface area contributed by atoms with E-state index in [9.17, 15) is 9.59 Å². The van der Waals surface area contributed by atoms with Gasteiger partial charge in [0.1, 0.15) is 24.0 Å². The maximum atomic E-state index is 13.1. The largest absolute Gasteiger partial charge is 0.474 e. The number of pyridine rings is 1. The maximum absolute atomic E-state index is 13.1. The molecule has 1 amide bonds. The van der Waals surface area contributed by atoms with Crippen molar-refractivity contribution in [3.63, 3.8) is 0 Å². The highest BCUT2D eigenvalue weighted by atomic mass is 16.5. The Balaban J connectivity index is 1.80. The van der Waals surface area contributed by atoms with Gasteiger partial charge in [0.25, 0.3) is 0 Å². The smallest absolute Gasteiger partial charge is 0.354 e. The Morgan fingerprint density at radius 1 is 1.17 bits per heavy atom. The summed E-state index contributed by atoms with van der Waals surface area (Å²) in [5, 5.41) is 8.72. The zero-order valence-corrected chi connectivity index (χ0v) is 16.9. The summed E-state index contributed by atoms with van der Waals surface area (Å²) in [7, 11) is 1.57. The predicted octanol–water partition coefficient (Wildman–Crippen LogP) is 2.24. The summed E-state index contributed by atoms with van der Waals surface area (Å²) in [5.41, 5.74) is 1.32. The minimum Gasteiger partial charge on any atom is -0.474 e. The van der Waals surface area contributed by atoms with Crippen LogP contribution in [0, 0.1) is 0 Å². The van der Waals surface area contributed by atoms with E-state index in [-0.39, 0.29) is 24.6 Å². The lowest BCUT2D eigenvalue weighted by Gasteiger charge is -2.23. The van der Waals surface area contributed by atoms with Crippen LogP contribution < -0.4 is 15.1 Å². The Kier molecular flexibility index (Phi) is 7.34. The van der Waals surface area contributed by atoms with Crippen LogP contribution in [0.25, 0.3) is 0 Å². The molecule has 2 heterocycles. The van der Waals surface area contributed by atoms with E-state index >= 15 is 0 Å². The summed E-state index contributed by atoms with van der Waals surface area (Å²) in [6.07, 6.45) is 1.70. The Labute approximate surface area is 174 Å². The molecule has 2 aromatic rings. The summed E-state index contributed by atoms with van der Waals surface area (Å²) >= 11 is 0. The fraction of sp³-hybridized carbons (Fsp3) is 0.333. The van der Waals surface area contributed by atoms with Crippen molar-refractivity contribution in [1.82, 2.24) is 4.98 Å². The Morgan fingerprint density at radius 3 is 2.70 bits per heavy atom. The third-order valence-electron chi connectivity index (χ3n) is 4.30. The number of para-hydroxylation sites is 1.